The summed E-state index contributed by atoms with van der Waals surface area (Å²) in [5, 5.41) is 17.1. The SMILES string of the molecule is O=C1C/C(=C/c2cnn3ccc(Nc4cc(NCC5CCCO5)cc(NC5CC5)c4)nc23)C(=O)N1. The van der Waals surface area contributed by atoms with E-state index in [-0.39, 0.29) is 24.3 Å². The standard InChI is InChI=1S/C25H27N7O3/c33-23-9-15(25(34)31-23)8-16-13-27-32-6-5-22(30-24(16)32)29-20-11-18(26-14-21-2-1-7-35-21)10-19(12-20)28-17-3-4-17/h5-6,8,10-13,17,21,26,28H,1-4,7,9,14H2,(H,29,30)(H,31,33,34)/b15-8-. The highest BCUT2D eigenvalue weighted by Gasteiger charge is 2.24. The van der Waals surface area contributed by atoms with E-state index in [9.17, 15) is 9.59 Å². The number of hydrogen-bond donors (Lipinski definition) is 4. The third-order valence-electron chi connectivity index (χ3n) is 6.33. The van der Waals surface area contributed by atoms with Gasteiger partial charge in [-0.2, -0.15) is 5.10 Å². The van der Waals surface area contributed by atoms with Crippen molar-refractivity contribution in [3.05, 3.63) is 47.8 Å². The van der Waals surface area contributed by atoms with Crippen LogP contribution in [0.3, 0.4) is 0 Å². The number of nitrogens with one attached hydrogen (secondary N) is 4. The molecule has 4 heterocycles. The molecule has 10 heteroatoms. The second-order valence-corrected chi connectivity index (χ2v) is 9.26. The number of hydrogen-bond acceptors (Lipinski definition) is 8. The van der Waals surface area contributed by atoms with Crippen molar-refractivity contribution in [2.45, 2.75) is 44.2 Å². The van der Waals surface area contributed by atoms with Crippen molar-refractivity contribution < 1.29 is 14.3 Å². The molecule has 1 unspecified atom stereocenters. The van der Waals surface area contributed by atoms with Crippen molar-refractivity contribution in [1.29, 1.82) is 0 Å². The molecule has 1 saturated carbocycles. The van der Waals surface area contributed by atoms with Crippen molar-refractivity contribution in [2.75, 3.05) is 29.1 Å². The van der Waals surface area contributed by atoms with Crippen LogP contribution in [0.2, 0.25) is 0 Å². The van der Waals surface area contributed by atoms with E-state index in [0.29, 0.717) is 28.6 Å². The molecule has 35 heavy (non-hydrogen) atoms. The molecule has 2 aromatic heterocycles. The number of fused-ring (bicyclic) bond motifs is 1. The Hall–Kier alpha value is -3.92. The molecule has 2 amide bonds. The summed E-state index contributed by atoms with van der Waals surface area (Å²) in [7, 11) is 0. The highest BCUT2D eigenvalue weighted by Crippen LogP contribution is 2.30. The van der Waals surface area contributed by atoms with Crippen molar-refractivity contribution >= 4 is 46.4 Å². The minimum atomic E-state index is -0.369. The number of amides is 2. The molecule has 3 aromatic rings. The van der Waals surface area contributed by atoms with Crippen molar-refractivity contribution in [2.24, 2.45) is 0 Å². The summed E-state index contributed by atoms with van der Waals surface area (Å²) in [4.78, 5) is 28.2. The first-order valence-corrected chi connectivity index (χ1v) is 12.0. The van der Waals surface area contributed by atoms with E-state index in [4.69, 9.17) is 9.72 Å². The van der Waals surface area contributed by atoms with Crippen molar-refractivity contribution in [3.63, 3.8) is 0 Å². The Morgan fingerprint density at radius 1 is 1.14 bits per heavy atom. The van der Waals surface area contributed by atoms with Crippen LogP contribution < -0.4 is 21.3 Å². The Balaban J connectivity index is 1.25. The molecule has 1 atom stereocenters. The van der Waals surface area contributed by atoms with Gasteiger partial charge < -0.3 is 20.7 Å². The molecule has 4 N–H and O–H groups in total. The Morgan fingerprint density at radius 2 is 2.00 bits per heavy atom. The Bertz CT molecular complexity index is 1320. The van der Waals surface area contributed by atoms with E-state index in [2.05, 4.69) is 44.6 Å². The number of imide groups is 1. The highest BCUT2D eigenvalue weighted by atomic mass is 16.5. The van der Waals surface area contributed by atoms with E-state index in [1.807, 2.05) is 12.3 Å². The maximum Gasteiger partial charge on any atom is 0.254 e. The van der Waals surface area contributed by atoms with Gasteiger partial charge >= 0.3 is 0 Å². The van der Waals surface area contributed by atoms with E-state index < -0.39 is 0 Å². The van der Waals surface area contributed by atoms with Gasteiger partial charge in [0.25, 0.3) is 5.91 Å². The molecule has 2 saturated heterocycles. The number of anilines is 4. The first-order valence-electron chi connectivity index (χ1n) is 12.0. The molecular weight excluding hydrogens is 446 g/mol. The van der Waals surface area contributed by atoms with E-state index >= 15 is 0 Å². The minimum absolute atomic E-state index is 0.0660. The number of benzene rings is 1. The average molecular weight is 474 g/mol. The van der Waals surface area contributed by atoms with Crippen LogP contribution in [0.1, 0.15) is 37.7 Å². The second kappa shape index (κ2) is 9.03. The van der Waals surface area contributed by atoms with Gasteiger partial charge in [-0.15, -0.1) is 0 Å². The van der Waals surface area contributed by atoms with Gasteiger partial charge in [0.05, 0.1) is 18.7 Å². The van der Waals surface area contributed by atoms with Crippen LogP contribution >= 0.6 is 0 Å². The molecule has 180 valence electrons. The molecular formula is C25H27N7O3. The molecule has 2 aliphatic heterocycles. The van der Waals surface area contributed by atoms with Gasteiger partial charge in [0.15, 0.2) is 5.65 Å². The molecule has 3 fully saturated rings. The number of nitrogens with zero attached hydrogens (tertiary/aromatic N) is 3. The maximum atomic E-state index is 12.0. The fourth-order valence-electron chi connectivity index (χ4n) is 4.40. The van der Waals surface area contributed by atoms with Crippen LogP contribution in [0, 0.1) is 0 Å². The number of ether oxygens (including phenoxy) is 1. The molecule has 1 aliphatic carbocycles. The van der Waals surface area contributed by atoms with Crippen LogP contribution in [0.25, 0.3) is 11.7 Å². The molecule has 1 aromatic carbocycles. The third-order valence-corrected chi connectivity index (χ3v) is 6.33. The maximum absolute atomic E-state index is 12.0. The smallest absolute Gasteiger partial charge is 0.254 e. The van der Waals surface area contributed by atoms with E-state index in [0.717, 1.165) is 43.1 Å². The lowest BCUT2D eigenvalue weighted by Crippen LogP contribution is -2.19. The van der Waals surface area contributed by atoms with Crippen molar-refractivity contribution in [1.82, 2.24) is 19.9 Å². The van der Waals surface area contributed by atoms with Gasteiger partial charge in [0, 0.05) is 53.6 Å². The van der Waals surface area contributed by atoms with Crippen molar-refractivity contribution in [3.8, 4) is 0 Å². The minimum Gasteiger partial charge on any atom is -0.382 e. The first kappa shape index (κ1) is 21.6. The fraction of sp³-hybridized carbons (Fsp3) is 0.360. The summed E-state index contributed by atoms with van der Waals surface area (Å²) in [5.74, 6) is -0.0125. The lowest BCUT2D eigenvalue weighted by molar-refractivity contribution is -0.124. The Kier molecular flexibility index (Phi) is 5.57. The van der Waals surface area contributed by atoms with Crippen LogP contribution in [-0.4, -0.2) is 51.7 Å². The van der Waals surface area contributed by atoms with Crippen LogP contribution in [0.5, 0.6) is 0 Å². The molecule has 0 spiro atoms. The third kappa shape index (κ3) is 4.97. The van der Waals surface area contributed by atoms with E-state index in [1.165, 1.54) is 12.8 Å². The topological polar surface area (TPSA) is 122 Å². The lowest BCUT2D eigenvalue weighted by Gasteiger charge is -2.16. The average Bonchev–Trinajstić information content (AvgIpc) is 3.20. The Morgan fingerprint density at radius 3 is 2.77 bits per heavy atom. The van der Waals surface area contributed by atoms with Crippen LogP contribution in [0.4, 0.5) is 22.9 Å². The zero-order valence-corrected chi connectivity index (χ0v) is 19.2. The largest absolute Gasteiger partial charge is 0.382 e. The summed E-state index contributed by atoms with van der Waals surface area (Å²) in [6.07, 6.45) is 10.0. The molecule has 3 aliphatic rings. The lowest BCUT2D eigenvalue weighted by atomic mass is 10.1. The molecule has 0 radical (unpaired) electrons. The monoisotopic (exact) mass is 473 g/mol. The molecule has 10 nitrogen and oxygen atoms in total. The quantitative estimate of drug-likeness (QED) is 0.291. The zero-order chi connectivity index (χ0) is 23.8. The summed E-state index contributed by atoms with van der Waals surface area (Å²) in [6.45, 7) is 1.62. The van der Waals surface area contributed by atoms with Gasteiger partial charge in [-0.25, -0.2) is 9.50 Å². The highest BCUT2D eigenvalue weighted by molar-refractivity contribution is 6.15. The van der Waals surface area contributed by atoms with Crippen LogP contribution in [-0.2, 0) is 14.3 Å². The summed E-state index contributed by atoms with van der Waals surface area (Å²) >= 11 is 0. The second-order valence-electron chi connectivity index (χ2n) is 9.26. The van der Waals surface area contributed by atoms with Gasteiger partial charge in [-0.05, 0) is 56.0 Å². The van der Waals surface area contributed by atoms with Gasteiger partial charge in [0.2, 0.25) is 5.91 Å². The molecule has 6 rings (SSSR count). The first-order chi connectivity index (χ1) is 17.1. The predicted molar refractivity (Wildman–Crippen MR) is 133 cm³/mol. The van der Waals surface area contributed by atoms with Crippen LogP contribution in [0.15, 0.2) is 42.2 Å². The zero-order valence-electron chi connectivity index (χ0n) is 19.2. The predicted octanol–water partition coefficient (Wildman–Crippen LogP) is 3.07. The molecule has 0 bridgehead atoms. The fourth-order valence-corrected chi connectivity index (χ4v) is 4.40. The Labute approximate surface area is 202 Å². The summed E-state index contributed by atoms with van der Waals surface area (Å²) < 4.78 is 7.39. The summed E-state index contributed by atoms with van der Waals surface area (Å²) in [5.41, 5.74) is 4.66. The van der Waals surface area contributed by atoms with Gasteiger partial charge in [-0.3, -0.25) is 14.9 Å². The summed E-state index contributed by atoms with van der Waals surface area (Å²) in [6, 6.07) is 8.66. The van der Waals surface area contributed by atoms with Gasteiger partial charge in [0.1, 0.15) is 5.82 Å². The number of aromatic nitrogens is 3. The number of carbonyl (C=O) groups is 2. The normalized spacial score (nSPS) is 21.0. The number of rotatable bonds is 8. The number of carbonyl (C=O) groups excluding carboxylic acids is 2. The van der Waals surface area contributed by atoms with Gasteiger partial charge in [-0.1, -0.05) is 0 Å². The van der Waals surface area contributed by atoms with E-state index in [1.54, 1.807) is 16.8 Å².